The van der Waals surface area contributed by atoms with Crippen LogP contribution in [0.5, 0.6) is 0 Å². The second kappa shape index (κ2) is 4.24. The van der Waals surface area contributed by atoms with E-state index in [0.29, 0.717) is 0 Å². The van der Waals surface area contributed by atoms with Gasteiger partial charge in [0.25, 0.3) is 0 Å². The molecule has 1 heterocycles. The first-order valence-corrected chi connectivity index (χ1v) is 7.55. The predicted molar refractivity (Wildman–Crippen MR) is 70.1 cm³/mol. The maximum Gasteiger partial charge on any atom is 0.0842 e. The predicted octanol–water partition coefficient (Wildman–Crippen LogP) is 3.11. The monoisotopic (exact) mass is 237 g/mol. The summed E-state index contributed by atoms with van der Waals surface area (Å²) in [7, 11) is 0. The minimum absolute atomic E-state index is 0.153. The van der Waals surface area contributed by atoms with Gasteiger partial charge in [0.05, 0.1) is 11.2 Å². The van der Waals surface area contributed by atoms with E-state index in [1.54, 1.807) is 0 Å². The molecule has 98 valence electrons. The Balaban J connectivity index is 1.80. The van der Waals surface area contributed by atoms with Crippen molar-refractivity contribution in [1.82, 2.24) is 5.32 Å². The van der Waals surface area contributed by atoms with Crippen molar-refractivity contribution in [2.75, 3.05) is 13.1 Å². The SMILES string of the molecule is CC1CCC(C)C2(CNCC3(CCCC3)O2)C1. The molecule has 0 radical (unpaired) electrons. The highest BCUT2D eigenvalue weighted by Gasteiger charge is 2.51. The Hall–Kier alpha value is -0.0800. The average molecular weight is 237 g/mol. The molecule has 2 heteroatoms. The maximum atomic E-state index is 6.78. The fourth-order valence-electron chi connectivity index (χ4n) is 4.38. The second-order valence-corrected chi connectivity index (χ2v) is 6.95. The lowest BCUT2D eigenvalue weighted by molar-refractivity contribution is -0.214. The lowest BCUT2D eigenvalue weighted by Gasteiger charge is -2.53. The Morgan fingerprint density at radius 1 is 1.06 bits per heavy atom. The molecule has 1 aliphatic heterocycles. The van der Waals surface area contributed by atoms with Crippen LogP contribution in [0, 0.1) is 11.8 Å². The van der Waals surface area contributed by atoms with Crippen LogP contribution in [0.3, 0.4) is 0 Å². The van der Waals surface area contributed by atoms with Gasteiger partial charge in [-0.05, 0) is 37.5 Å². The maximum absolute atomic E-state index is 6.78. The van der Waals surface area contributed by atoms with Gasteiger partial charge in [-0.2, -0.15) is 0 Å². The molecule has 2 spiro atoms. The summed E-state index contributed by atoms with van der Waals surface area (Å²) in [5.74, 6) is 1.56. The molecule has 3 fully saturated rings. The van der Waals surface area contributed by atoms with Crippen LogP contribution in [0.1, 0.15) is 58.8 Å². The van der Waals surface area contributed by atoms with Crippen molar-refractivity contribution in [3.63, 3.8) is 0 Å². The first kappa shape index (κ1) is 12.0. The number of morpholine rings is 1. The van der Waals surface area contributed by atoms with E-state index in [-0.39, 0.29) is 11.2 Å². The van der Waals surface area contributed by atoms with Gasteiger partial charge in [-0.1, -0.05) is 33.1 Å². The highest BCUT2D eigenvalue weighted by atomic mass is 16.5. The first-order chi connectivity index (χ1) is 8.14. The van der Waals surface area contributed by atoms with E-state index in [1.807, 2.05) is 0 Å². The Kier molecular flexibility index (Phi) is 2.99. The molecule has 0 amide bonds. The van der Waals surface area contributed by atoms with Crippen molar-refractivity contribution in [1.29, 1.82) is 0 Å². The highest BCUT2D eigenvalue weighted by molar-refractivity contribution is 5.03. The summed E-state index contributed by atoms with van der Waals surface area (Å²) in [5.41, 5.74) is 0.351. The molecule has 1 saturated heterocycles. The van der Waals surface area contributed by atoms with Crippen molar-refractivity contribution in [3.05, 3.63) is 0 Å². The number of hydrogen-bond acceptors (Lipinski definition) is 2. The Morgan fingerprint density at radius 3 is 2.59 bits per heavy atom. The fraction of sp³-hybridized carbons (Fsp3) is 1.00. The van der Waals surface area contributed by atoms with Crippen LogP contribution in [0.4, 0.5) is 0 Å². The third-order valence-corrected chi connectivity index (χ3v) is 5.49. The summed E-state index contributed by atoms with van der Waals surface area (Å²) in [6.45, 7) is 6.98. The number of nitrogens with one attached hydrogen (secondary N) is 1. The van der Waals surface area contributed by atoms with Crippen LogP contribution in [0.15, 0.2) is 0 Å². The molecule has 0 aromatic carbocycles. The number of rotatable bonds is 0. The van der Waals surface area contributed by atoms with Crippen LogP contribution in [-0.4, -0.2) is 24.3 Å². The molecule has 17 heavy (non-hydrogen) atoms. The van der Waals surface area contributed by atoms with Crippen LogP contribution in [0.25, 0.3) is 0 Å². The number of ether oxygens (including phenoxy) is 1. The van der Waals surface area contributed by atoms with Gasteiger partial charge in [0.2, 0.25) is 0 Å². The van der Waals surface area contributed by atoms with Gasteiger partial charge in [-0.3, -0.25) is 0 Å². The summed E-state index contributed by atoms with van der Waals surface area (Å²) in [6.07, 6.45) is 9.29. The summed E-state index contributed by atoms with van der Waals surface area (Å²) < 4.78 is 6.78. The van der Waals surface area contributed by atoms with Crippen molar-refractivity contribution in [2.24, 2.45) is 11.8 Å². The molecule has 3 aliphatic rings. The van der Waals surface area contributed by atoms with Gasteiger partial charge < -0.3 is 10.1 Å². The molecular formula is C15H27NO. The van der Waals surface area contributed by atoms with Crippen molar-refractivity contribution in [3.8, 4) is 0 Å². The molecule has 2 nitrogen and oxygen atoms in total. The molecule has 1 N–H and O–H groups in total. The zero-order valence-electron chi connectivity index (χ0n) is 11.4. The van der Waals surface area contributed by atoms with Gasteiger partial charge >= 0.3 is 0 Å². The minimum atomic E-state index is 0.153. The Bertz CT molecular complexity index is 285. The standard InChI is InChI=1S/C15H27NO/c1-12-5-6-13(2)15(9-12)11-16-10-14(17-15)7-3-4-8-14/h12-13,16H,3-11H2,1-2H3. The normalized spacial score (nSPS) is 45.5. The molecule has 0 aromatic rings. The molecule has 3 atom stereocenters. The average Bonchev–Trinajstić information content (AvgIpc) is 2.72. The van der Waals surface area contributed by atoms with E-state index in [0.717, 1.165) is 24.9 Å². The third-order valence-electron chi connectivity index (χ3n) is 5.49. The zero-order chi connectivity index (χ0) is 11.9. The summed E-state index contributed by atoms with van der Waals surface area (Å²) in [6, 6.07) is 0. The lowest BCUT2D eigenvalue weighted by Crippen LogP contribution is -2.63. The van der Waals surface area contributed by atoms with Crippen molar-refractivity contribution >= 4 is 0 Å². The first-order valence-electron chi connectivity index (χ1n) is 7.55. The molecule has 2 saturated carbocycles. The van der Waals surface area contributed by atoms with E-state index in [1.165, 1.54) is 44.9 Å². The van der Waals surface area contributed by atoms with Crippen LogP contribution < -0.4 is 5.32 Å². The Labute approximate surface area is 105 Å². The van der Waals surface area contributed by atoms with E-state index in [2.05, 4.69) is 19.2 Å². The summed E-state index contributed by atoms with van der Waals surface area (Å²) >= 11 is 0. The van der Waals surface area contributed by atoms with Gasteiger partial charge in [0, 0.05) is 13.1 Å². The molecule has 3 rings (SSSR count). The highest BCUT2D eigenvalue weighted by Crippen LogP contribution is 2.47. The molecular weight excluding hydrogens is 210 g/mol. The van der Waals surface area contributed by atoms with E-state index in [4.69, 9.17) is 4.74 Å². The van der Waals surface area contributed by atoms with Crippen LogP contribution >= 0.6 is 0 Å². The fourth-order valence-corrected chi connectivity index (χ4v) is 4.38. The van der Waals surface area contributed by atoms with Gasteiger partial charge in [0.1, 0.15) is 0 Å². The second-order valence-electron chi connectivity index (χ2n) is 6.95. The smallest absolute Gasteiger partial charge is 0.0842 e. The van der Waals surface area contributed by atoms with Gasteiger partial charge in [-0.15, -0.1) is 0 Å². The topological polar surface area (TPSA) is 21.3 Å². The molecule has 3 unspecified atom stereocenters. The molecule has 2 aliphatic carbocycles. The molecule has 0 aromatic heterocycles. The Morgan fingerprint density at radius 2 is 1.82 bits per heavy atom. The largest absolute Gasteiger partial charge is 0.366 e. The van der Waals surface area contributed by atoms with E-state index in [9.17, 15) is 0 Å². The summed E-state index contributed by atoms with van der Waals surface area (Å²) in [5, 5.41) is 3.70. The van der Waals surface area contributed by atoms with Crippen LogP contribution in [-0.2, 0) is 4.74 Å². The van der Waals surface area contributed by atoms with Gasteiger partial charge in [-0.25, -0.2) is 0 Å². The van der Waals surface area contributed by atoms with E-state index >= 15 is 0 Å². The quantitative estimate of drug-likeness (QED) is 0.699. The van der Waals surface area contributed by atoms with Crippen molar-refractivity contribution in [2.45, 2.75) is 70.0 Å². The van der Waals surface area contributed by atoms with Gasteiger partial charge in [0.15, 0.2) is 0 Å². The minimum Gasteiger partial charge on any atom is -0.366 e. The molecule has 0 bridgehead atoms. The zero-order valence-corrected chi connectivity index (χ0v) is 11.4. The van der Waals surface area contributed by atoms with Crippen molar-refractivity contribution < 1.29 is 4.74 Å². The third kappa shape index (κ3) is 2.04. The van der Waals surface area contributed by atoms with Crippen LogP contribution in [0.2, 0.25) is 0 Å². The summed E-state index contributed by atoms with van der Waals surface area (Å²) in [4.78, 5) is 0. The lowest BCUT2D eigenvalue weighted by atomic mass is 9.70. The number of hydrogen-bond donors (Lipinski definition) is 1. The van der Waals surface area contributed by atoms with E-state index < -0.39 is 0 Å².